The molecule has 0 saturated carbocycles. The van der Waals surface area contributed by atoms with Crippen LogP contribution in [0.4, 0.5) is 5.69 Å². The molecule has 2 aromatic rings. The normalized spacial score (nSPS) is 10.2. The number of hydrogen-bond donors (Lipinski definition) is 3. The van der Waals surface area contributed by atoms with Crippen LogP contribution in [0.15, 0.2) is 30.5 Å². The van der Waals surface area contributed by atoms with Crippen LogP contribution in [0.5, 0.6) is 5.75 Å². The second kappa shape index (κ2) is 4.04. The lowest BCUT2D eigenvalue weighted by atomic mass is 10.2. The van der Waals surface area contributed by atoms with E-state index in [4.69, 9.17) is 0 Å². The Kier molecular flexibility index (Phi) is 2.58. The van der Waals surface area contributed by atoms with Crippen LogP contribution in [0.2, 0.25) is 0 Å². The molecule has 0 fully saturated rings. The first-order chi connectivity index (χ1) is 7.25. The van der Waals surface area contributed by atoms with Gasteiger partial charge in [0.25, 0.3) is 0 Å². The van der Waals surface area contributed by atoms with Gasteiger partial charge in [-0.3, -0.25) is 5.10 Å². The average Bonchev–Trinajstić information content (AvgIpc) is 2.73. The summed E-state index contributed by atoms with van der Waals surface area (Å²) in [5, 5.41) is 19.3. The first-order valence-corrected chi connectivity index (χ1v) is 4.77. The molecule has 0 bridgehead atoms. The molecule has 0 atom stereocenters. The van der Waals surface area contributed by atoms with Crippen molar-refractivity contribution in [3.63, 3.8) is 0 Å². The highest BCUT2D eigenvalue weighted by Gasteiger charge is 1.98. The molecule has 0 radical (unpaired) electrons. The number of anilines is 1. The Morgan fingerprint density at radius 2 is 2.27 bits per heavy atom. The Morgan fingerprint density at radius 1 is 1.40 bits per heavy atom. The minimum Gasteiger partial charge on any atom is -0.508 e. The zero-order valence-corrected chi connectivity index (χ0v) is 8.49. The predicted octanol–water partition coefficient (Wildman–Crippen LogP) is 2.04. The van der Waals surface area contributed by atoms with E-state index in [0.29, 0.717) is 12.3 Å². The highest BCUT2D eigenvalue weighted by atomic mass is 16.3. The van der Waals surface area contributed by atoms with E-state index >= 15 is 0 Å². The number of aromatic nitrogens is 2. The minimum absolute atomic E-state index is 0.321. The molecule has 4 nitrogen and oxygen atoms in total. The molecule has 0 aliphatic rings. The second-order valence-electron chi connectivity index (χ2n) is 3.44. The van der Waals surface area contributed by atoms with Gasteiger partial charge in [-0.1, -0.05) is 0 Å². The molecule has 0 saturated heterocycles. The van der Waals surface area contributed by atoms with Crippen molar-refractivity contribution in [2.45, 2.75) is 13.5 Å². The van der Waals surface area contributed by atoms with E-state index in [1.54, 1.807) is 12.3 Å². The Balaban J connectivity index is 2.02. The van der Waals surface area contributed by atoms with Crippen molar-refractivity contribution in [1.82, 2.24) is 10.2 Å². The van der Waals surface area contributed by atoms with E-state index in [1.165, 1.54) is 0 Å². The van der Waals surface area contributed by atoms with E-state index < -0.39 is 0 Å². The van der Waals surface area contributed by atoms with Gasteiger partial charge in [0.15, 0.2) is 0 Å². The summed E-state index contributed by atoms with van der Waals surface area (Å²) in [5.74, 6) is 0.321. The van der Waals surface area contributed by atoms with Gasteiger partial charge in [0, 0.05) is 11.9 Å². The van der Waals surface area contributed by atoms with Crippen molar-refractivity contribution in [3.05, 3.63) is 41.7 Å². The highest BCUT2D eigenvalue weighted by Crippen LogP contribution is 2.20. The monoisotopic (exact) mass is 203 g/mol. The Morgan fingerprint density at radius 3 is 2.93 bits per heavy atom. The number of benzene rings is 1. The van der Waals surface area contributed by atoms with Gasteiger partial charge in [-0.25, -0.2) is 0 Å². The lowest BCUT2D eigenvalue weighted by molar-refractivity contribution is 0.471. The van der Waals surface area contributed by atoms with Crippen molar-refractivity contribution in [2.75, 3.05) is 5.32 Å². The number of phenolic OH excluding ortho intramolecular Hbond substituents is 1. The topological polar surface area (TPSA) is 60.9 Å². The fourth-order valence-corrected chi connectivity index (χ4v) is 1.35. The summed E-state index contributed by atoms with van der Waals surface area (Å²) in [6, 6.07) is 7.36. The smallest absolute Gasteiger partial charge is 0.118 e. The Hall–Kier alpha value is -1.97. The number of nitrogens with zero attached hydrogens (tertiary/aromatic N) is 1. The minimum atomic E-state index is 0.321. The maximum absolute atomic E-state index is 9.35. The van der Waals surface area contributed by atoms with Gasteiger partial charge in [-0.15, -0.1) is 0 Å². The largest absolute Gasteiger partial charge is 0.508 e. The third-order valence-corrected chi connectivity index (χ3v) is 2.24. The molecule has 3 N–H and O–H groups in total. The standard InChI is InChI=1S/C11H13N3O/c1-8-6-9(2-3-11(8)15)12-7-10-4-5-13-14-10/h2-6,12,15H,7H2,1H3,(H,13,14). The third-order valence-electron chi connectivity index (χ3n) is 2.24. The van der Waals surface area contributed by atoms with Crippen molar-refractivity contribution < 1.29 is 5.11 Å². The van der Waals surface area contributed by atoms with Crippen LogP contribution in [-0.2, 0) is 6.54 Å². The third kappa shape index (κ3) is 2.28. The molecule has 0 spiro atoms. The van der Waals surface area contributed by atoms with Gasteiger partial charge >= 0.3 is 0 Å². The fraction of sp³-hybridized carbons (Fsp3) is 0.182. The van der Waals surface area contributed by atoms with Crippen LogP contribution in [0, 0.1) is 6.92 Å². The van der Waals surface area contributed by atoms with Gasteiger partial charge in [0.1, 0.15) is 5.75 Å². The van der Waals surface area contributed by atoms with Crippen LogP contribution in [0.25, 0.3) is 0 Å². The molecule has 15 heavy (non-hydrogen) atoms. The fourth-order valence-electron chi connectivity index (χ4n) is 1.35. The van der Waals surface area contributed by atoms with Crippen LogP contribution >= 0.6 is 0 Å². The molecule has 0 unspecified atom stereocenters. The van der Waals surface area contributed by atoms with Gasteiger partial charge in [0.2, 0.25) is 0 Å². The summed E-state index contributed by atoms with van der Waals surface area (Å²) in [6.45, 7) is 2.57. The molecule has 1 heterocycles. The maximum Gasteiger partial charge on any atom is 0.118 e. The van der Waals surface area contributed by atoms with E-state index in [-0.39, 0.29) is 0 Å². The van der Waals surface area contributed by atoms with Gasteiger partial charge in [0.05, 0.1) is 12.2 Å². The van der Waals surface area contributed by atoms with E-state index in [1.807, 2.05) is 25.1 Å². The number of rotatable bonds is 3. The van der Waals surface area contributed by atoms with Crippen LogP contribution in [0.1, 0.15) is 11.3 Å². The van der Waals surface area contributed by atoms with Crippen LogP contribution in [-0.4, -0.2) is 15.3 Å². The molecule has 0 aliphatic heterocycles. The summed E-state index contributed by atoms with van der Waals surface area (Å²) < 4.78 is 0. The summed E-state index contributed by atoms with van der Waals surface area (Å²) in [5.41, 5.74) is 2.88. The van der Waals surface area contributed by atoms with E-state index in [0.717, 1.165) is 16.9 Å². The van der Waals surface area contributed by atoms with E-state index in [9.17, 15) is 5.11 Å². The Bertz CT molecular complexity index is 437. The second-order valence-corrected chi connectivity index (χ2v) is 3.44. The number of nitrogens with one attached hydrogen (secondary N) is 2. The molecule has 4 heteroatoms. The lowest BCUT2D eigenvalue weighted by Crippen LogP contribution is -1.99. The first-order valence-electron chi connectivity index (χ1n) is 4.77. The molecule has 2 rings (SSSR count). The summed E-state index contributed by atoms with van der Waals surface area (Å²) in [7, 11) is 0. The maximum atomic E-state index is 9.35. The highest BCUT2D eigenvalue weighted by molar-refractivity contribution is 5.50. The van der Waals surface area contributed by atoms with E-state index in [2.05, 4.69) is 15.5 Å². The number of aryl methyl sites for hydroxylation is 1. The average molecular weight is 203 g/mol. The molecular formula is C11H13N3O. The van der Waals surface area contributed by atoms with Crippen LogP contribution in [0.3, 0.4) is 0 Å². The van der Waals surface area contributed by atoms with Crippen LogP contribution < -0.4 is 5.32 Å². The molecular weight excluding hydrogens is 190 g/mol. The molecule has 1 aromatic carbocycles. The zero-order chi connectivity index (χ0) is 10.7. The number of aromatic amines is 1. The van der Waals surface area contributed by atoms with Gasteiger partial charge < -0.3 is 10.4 Å². The Labute approximate surface area is 88.0 Å². The SMILES string of the molecule is Cc1cc(NCc2ccn[nH]2)ccc1O. The summed E-state index contributed by atoms with van der Waals surface area (Å²) in [6.07, 6.45) is 1.72. The number of phenols is 1. The first kappa shape index (κ1) is 9.58. The lowest BCUT2D eigenvalue weighted by Gasteiger charge is -2.06. The van der Waals surface area contributed by atoms with Gasteiger partial charge in [-0.2, -0.15) is 5.10 Å². The summed E-state index contributed by atoms with van der Waals surface area (Å²) in [4.78, 5) is 0. The number of H-pyrrole nitrogens is 1. The van der Waals surface area contributed by atoms with Crippen molar-refractivity contribution in [3.8, 4) is 5.75 Å². The van der Waals surface area contributed by atoms with Crippen molar-refractivity contribution >= 4 is 5.69 Å². The van der Waals surface area contributed by atoms with Crippen molar-refractivity contribution in [1.29, 1.82) is 0 Å². The number of aromatic hydroxyl groups is 1. The summed E-state index contributed by atoms with van der Waals surface area (Å²) >= 11 is 0. The zero-order valence-electron chi connectivity index (χ0n) is 8.49. The van der Waals surface area contributed by atoms with Crippen molar-refractivity contribution in [2.24, 2.45) is 0 Å². The molecule has 0 aliphatic carbocycles. The number of hydrogen-bond acceptors (Lipinski definition) is 3. The predicted molar refractivity (Wildman–Crippen MR) is 58.8 cm³/mol. The molecule has 78 valence electrons. The molecule has 0 amide bonds. The quantitative estimate of drug-likeness (QED) is 0.669. The van der Waals surface area contributed by atoms with Gasteiger partial charge in [-0.05, 0) is 36.8 Å². The molecule has 1 aromatic heterocycles.